The highest BCUT2D eigenvalue weighted by atomic mass is 35.5. The van der Waals surface area contributed by atoms with Crippen molar-refractivity contribution in [3.63, 3.8) is 0 Å². The minimum atomic E-state index is 0. The molecule has 0 atom stereocenters. The first-order valence-corrected chi connectivity index (χ1v) is 6.83. The van der Waals surface area contributed by atoms with E-state index in [0.717, 1.165) is 19.1 Å². The molecule has 0 N–H and O–H groups in total. The summed E-state index contributed by atoms with van der Waals surface area (Å²) in [5.74, 6) is 0.331. The predicted molar refractivity (Wildman–Crippen MR) is 74.7 cm³/mol. The van der Waals surface area contributed by atoms with E-state index in [1.54, 1.807) is 0 Å². The Kier molecular flexibility index (Phi) is 6.28. The summed E-state index contributed by atoms with van der Waals surface area (Å²) >= 11 is 0. The van der Waals surface area contributed by atoms with Gasteiger partial charge in [-0.25, -0.2) is 0 Å². The number of carbonyl (C=O) groups is 1. The first kappa shape index (κ1) is 14.8. The van der Waals surface area contributed by atoms with E-state index in [2.05, 4.69) is 4.90 Å². The normalized spacial score (nSPS) is 23.2. The van der Waals surface area contributed by atoms with Gasteiger partial charge < -0.3 is 9.80 Å². The van der Waals surface area contributed by atoms with Crippen LogP contribution in [0.5, 0.6) is 0 Å². The topological polar surface area (TPSA) is 23.6 Å². The van der Waals surface area contributed by atoms with Crippen molar-refractivity contribution in [3.05, 3.63) is 0 Å². The summed E-state index contributed by atoms with van der Waals surface area (Å²) in [7, 11) is 0. The number of amides is 1. The smallest absolute Gasteiger partial charge is 0.222 e. The first-order chi connectivity index (χ1) is 7.81. The van der Waals surface area contributed by atoms with Crippen molar-refractivity contribution >= 4 is 18.3 Å². The van der Waals surface area contributed by atoms with Crippen molar-refractivity contribution in [2.45, 2.75) is 51.5 Å². The SMILES string of the molecule is CCC(=O)N1CCC(N2CCCCC2)CC1.Cl.[HH]. The van der Waals surface area contributed by atoms with Gasteiger partial charge in [0, 0.05) is 27.0 Å². The van der Waals surface area contributed by atoms with Crippen LogP contribution in [0.15, 0.2) is 0 Å². The quantitative estimate of drug-likeness (QED) is 0.764. The Labute approximate surface area is 112 Å². The number of piperidine rings is 2. The molecule has 0 aromatic heterocycles. The molecule has 2 aliphatic rings. The van der Waals surface area contributed by atoms with Crippen LogP contribution >= 0.6 is 12.4 Å². The number of carbonyl (C=O) groups excluding carboxylic acids is 1. The minimum Gasteiger partial charge on any atom is -0.343 e. The first-order valence-electron chi connectivity index (χ1n) is 6.83. The molecule has 17 heavy (non-hydrogen) atoms. The van der Waals surface area contributed by atoms with Crippen LogP contribution in [-0.4, -0.2) is 47.9 Å². The lowest BCUT2D eigenvalue weighted by atomic mass is 10.00. The van der Waals surface area contributed by atoms with Crippen LogP contribution in [-0.2, 0) is 4.79 Å². The molecule has 2 saturated heterocycles. The second-order valence-corrected chi connectivity index (χ2v) is 5.06. The van der Waals surface area contributed by atoms with Crippen molar-refractivity contribution in [1.82, 2.24) is 9.80 Å². The summed E-state index contributed by atoms with van der Waals surface area (Å²) in [5.41, 5.74) is 0. The Balaban J connectivity index is 0.00000144. The summed E-state index contributed by atoms with van der Waals surface area (Å²) < 4.78 is 0. The van der Waals surface area contributed by atoms with Gasteiger partial charge in [-0.15, -0.1) is 12.4 Å². The zero-order valence-electron chi connectivity index (χ0n) is 10.9. The largest absolute Gasteiger partial charge is 0.343 e. The highest BCUT2D eigenvalue weighted by Gasteiger charge is 2.26. The summed E-state index contributed by atoms with van der Waals surface area (Å²) in [4.78, 5) is 16.3. The van der Waals surface area contributed by atoms with E-state index in [1.165, 1.54) is 45.2 Å². The fourth-order valence-electron chi connectivity index (χ4n) is 2.99. The Morgan fingerprint density at radius 3 is 2.24 bits per heavy atom. The molecule has 0 spiro atoms. The molecule has 0 radical (unpaired) electrons. The van der Waals surface area contributed by atoms with Gasteiger partial charge in [0.15, 0.2) is 0 Å². The third kappa shape index (κ3) is 3.85. The molecule has 1 amide bonds. The number of rotatable bonds is 2. The van der Waals surface area contributed by atoms with Gasteiger partial charge in [-0.1, -0.05) is 13.3 Å². The molecule has 3 nitrogen and oxygen atoms in total. The molecule has 2 aliphatic heterocycles. The number of halogens is 1. The van der Waals surface area contributed by atoms with Crippen molar-refractivity contribution in [3.8, 4) is 0 Å². The van der Waals surface area contributed by atoms with E-state index >= 15 is 0 Å². The van der Waals surface area contributed by atoms with E-state index in [4.69, 9.17) is 0 Å². The van der Waals surface area contributed by atoms with E-state index in [9.17, 15) is 4.79 Å². The lowest BCUT2D eigenvalue weighted by Crippen LogP contribution is -2.48. The monoisotopic (exact) mass is 262 g/mol. The molecule has 2 fully saturated rings. The maximum Gasteiger partial charge on any atom is 0.222 e. The third-order valence-electron chi connectivity index (χ3n) is 4.03. The molecule has 2 heterocycles. The van der Waals surface area contributed by atoms with Crippen LogP contribution < -0.4 is 0 Å². The lowest BCUT2D eigenvalue weighted by molar-refractivity contribution is -0.132. The molecule has 0 aromatic carbocycles. The predicted octanol–water partition coefficient (Wildman–Crippen LogP) is 2.54. The average Bonchev–Trinajstić information content (AvgIpc) is 2.39. The van der Waals surface area contributed by atoms with Crippen LogP contribution in [0, 0.1) is 0 Å². The summed E-state index contributed by atoms with van der Waals surface area (Å²) in [6, 6.07) is 0.751. The highest BCUT2D eigenvalue weighted by molar-refractivity contribution is 5.85. The van der Waals surface area contributed by atoms with Crippen LogP contribution in [0.25, 0.3) is 0 Å². The molecule has 0 unspecified atom stereocenters. The number of hydrogen-bond donors (Lipinski definition) is 0. The molecule has 0 bridgehead atoms. The van der Waals surface area contributed by atoms with Gasteiger partial charge in [0.1, 0.15) is 0 Å². The number of nitrogens with zero attached hydrogens (tertiary/aromatic N) is 2. The lowest BCUT2D eigenvalue weighted by Gasteiger charge is -2.40. The van der Waals surface area contributed by atoms with Gasteiger partial charge in [-0.2, -0.15) is 0 Å². The van der Waals surface area contributed by atoms with Gasteiger partial charge in [0.2, 0.25) is 5.91 Å². The molecule has 102 valence electrons. The van der Waals surface area contributed by atoms with Crippen molar-refractivity contribution in [2.24, 2.45) is 0 Å². The number of hydrogen-bond acceptors (Lipinski definition) is 2. The van der Waals surface area contributed by atoms with Gasteiger partial charge in [0.25, 0.3) is 0 Å². The van der Waals surface area contributed by atoms with Gasteiger partial charge in [-0.05, 0) is 38.8 Å². The van der Waals surface area contributed by atoms with Crippen LogP contribution in [0.2, 0.25) is 0 Å². The fourth-order valence-corrected chi connectivity index (χ4v) is 2.99. The Hall–Kier alpha value is -0.280. The summed E-state index contributed by atoms with van der Waals surface area (Å²) in [5, 5.41) is 0. The Morgan fingerprint density at radius 2 is 1.71 bits per heavy atom. The van der Waals surface area contributed by atoms with Crippen LogP contribution in [0.3, 0.4) is 0 Å². The zero-order valence-corrected chi connectivity index (χ0v) is 11.7. The van der Waals surface area contributed by atoms with E-state index in [1.807, 2.05) is 11.8 Å². The molecule has 2 rings (SSSR count). The van der Waals surface area contributed by atoms with Gasteiger partial charge in [-0.3, -0.25) is 4.79 Å². The Bertz CT molecular complexity index is 239. The van der Waals surface area contributed by atoms with Gasteiger partial charge in [0.05, 0.1) is 0 Å². The molecule has 4 heteroatoms. The molecular weight excluding hydrogens is 236 g/mol. The summed E-state index contributed by atoms with van der Waals surface area (Å²) in [6.45, 7) is 6.49. The average molecular weight is 263 g/mol. The minimum absolute atomic E-state index is 0. The second kappa shape index (κ2) is 7.22. The standard InChI is InChI=1S/C13H24N2O.ClH.H2/c1-2-13(16)15-10-6-12(7-11-15)14-8-4-3-5-9-14;;/h12H,2-11H2,1H3;2*1H. The maximum atomic E-state index is 11.6. The molecule has 0 aliphatic carbocycles. The van der Waals surface area contributed by atoms with Crippen LogP contribution in [0.4, 0.5) is 0 Å². The zero-order chi connectivity index (χ0) is 11.4. The Morgan fingerprint density at radius 1 is 1.12 bits per heavy atom. The highest BCUT2D eigenvalue weighted by Crippen LogP contribution is 2.20. The van der Waals surface area contributed by atoms with Gasteiger partial charge >= 0.3 is 0 Å². The molecular formula is C13H27ClN2O. The molecule has 0 saturated carbocycles. The maximum absolute atomic E-state index is 11.6. The third-order valence-corrected chi connectivity index (χ3v) is 4.03. The van der Waals surface area contributed by atoms with Crippen LogP contribution in [0.1, 0.15) is 46.9 Å². The van der Waals surface area contributed by atoms with E-state index < -0.39 is 0 Å². The summed E-state index contributed by atoms with van der Waals surface area (Å²) in [6.07, 6.45) is 7.18. The van der Waals surface area contributed by atoms with E-state index in [-0.39, 0.29) is 13.8 Å². The van der Waals surface area contributed by atoms with Crippen molar-refractivity contribution in [1.29, 1.82) is 0 Å². The second-order valence-electron chi connectivity index (χ2n) is 5.06. The van der Waals surface area contributed by atoms with Crippen molar-refractivity contribution < 1.29 is 6.22 Å². The fraction of sp³-hybridized carbons (Fsp3) is 0.923. The molecule has 0 aromatic rings. The van der Waals surface area contributed by atoms with Crippen molar-refractivity contribution in [2.75, 3.05) is 26.2 Å². The number of likely N-dealkylation sites (tertiary alicyclic amines) is 2. The van der Waals surface area contributed by atoms with E-state index in [0.29, 0.717) is 12.3 Å².